The molecular formula is C22H21ClFN7O2. The first-order chi connectivity index (χ1) is 17.0. The van der Waals surface area contributed by atoms with Gasteiger partial charge in [0.2, 0.25) is 5.95 Å². The second kappa shape index (κ2) is 8.91. The van der Waals surface area contributed by atoms with Crippen molar-refractivity contribution in [3.63, 3.8) is 0 Å². The Morgan fingerprint density at radius 1 is 1.18 bits per heavy atom. The summed E-state index contributed by atoms with van der Waals surface area (Å²) in [6, 6.07) is 6.92. The van der Waals surface area contributed by atoms with E-state index in [1.165, 1.54) is 34.9 Å². The van der Waals surface area contributed by atoms with Gasteiger partial charge in [-0.3, -0.25) is 9.59 Å². The first-order valence-corrected chi connectivity index (χ1v) is 10.2. The molecule has 0 saturated heterocycles. The van der Waals surface area contributed by atoms with Crippen LogP contribution in [0.25, 0.3) is 10.9 Å². The van der Waals surface area contributed by atoms with E-state index >= 15 is 0 Å². The number of carbonyl (C=O) groups is 1. The third-order valence-electron chi connectivity index (χ3n) is 4.97. The molecule has 0 bridgehead atoms. The van der Waals surface area contributed by atoms with Gasteiger partial charge in [-0.1, -0.05) is 17.7 Å². The van der Waals surface area contributed by atoms with Crippen LogP contribution in [0.15, 0.2) is 47.5 Å². The maximum Gasteiger partial charge on any atom is 0.262 e. The number of nitrogens with one attached hydrogen (secondary N) is 3. The fourth-order valence-electron chi connectivity index (χ4n) is 3.47. The second-order valence-corrected chi connectivity index (χ2v) is 7.50. The SMILES string of the molecule is [2H]C([2H])([2H])NC(=O)c1ccc(Nc2cccc(F)n2)nc1Nc1cn(C)c2c(Cl)cn(CC)c(=O)c12. The molecular weight excluding hydrogens is 449 g/mol. The van der Waals surface area contributed by atoms with Crippen molar-refractivity contribution in [3.8, 4) is 0 Å². The average molecular weight is 473 g/mol. The molecule has 4 aromatic rings. The standard InChI is InChI=1S/C22H21ClFN7O2/c1-4-31-10-13(23)19-18(22(31)33)14(11-30(19)3)26-20-12(21(32)25-2)8-9-17(29-20)28-16-7-5-6-15(24)27-16/h5-11H,4H2,1-3H3,(H,25,32)(H2,26,27,28,29)/i2D3. The number of hydrogen-bond acceptors (Lipinski definition) is 6. The molecule has 4 aromatic heterocycles. The van der Waals surface area contributed by atoms with E-state index in [0.717, 1.165) is 0 Å². The van der Waals surface area contributed by atoms with Gasteiger partial charge in [-0.05, 0) is 31.2 Å². The van der Waals surface area contributed by atoms with Gasteiger partial charge in [0.15, 0.2) is 0 Å². The van der Waals surface area contributed by atoms with Crippen molar-refractivity contribution in [1.29, 1.82) is 0 Å². The van der Waals surface area contributed by atoms with Crippen LogP contribution in [0.4, 0.5) is 27.5 Å². The number of carbonyl (C=O) groups excluding carboxylic acids is 1. The number of hydrogen-bond donors (Lipinski definition) is 3. The molecule has 0 radical (unpaired) electrons. The fourth-order valence-corrected chi connectivity index (χ4v) is 3.82. The Balaban J connectivity index is 1.83. The molecule has 0 aliphatic rings. The van der Waals surface area contributed by atoms with Crippen LogP contribution in [0, 0.1) is 5.95 Å². The van der Waals surface area contributed by atoms with Crippen LogP contribution in [-0.2, 0) is 13.6 Å². The summed E-state index contributed by atoms with van der Waals surface area (Å²) >= 11 is 6.42. The van der Waals surface area contributed by atoms with Crippen LogP contribution in [-0.4, -0.2) is 32.0 Å². The summed E-state index contributed by atoms with van der Waals surface area (Å²) in [7, 11) is 1.71. The zero-order chi connectivity index (χ0) is 26.2. The zero-order valence-electron chi connectivity index (χ0n) is 20.6. The van der Waals surface area contributed by atoms with Crippen LogP contribution in [0.2, 0.25) is 5.02 Å². The van der Waals surface area contributed by atoms with Crippen LogP contribution in [0.5, 0.6) is 0 Å². The first-order valence-electron chi connectivity index (χ1n) is 11.3. The molecule has 0 atom stereocenters. The maximum absolute atomic E-state index is 13.5. The van der Waals surface area contributed by atoms with Gasteiger partial charge >= 0.3 is 0 Å². The van der Waals surface area contributed by atoms with Gasteiger partial charge in [0.1, 0.15) is 17.5 Å². The summed E-state index contributed by atoms with van der Waals surface area (Å²) in [6.07, 6.45) is 3.15. The third-order valence-corrected chi connectivity index (χ3v) is 5.25. The number of aromatic nitrogens is 4. The van der Waals surface area contributed by atoms with Crippen molar-refractivity contribution < 1.29 is 13.3 Å². The number of fused-ring (bicyclic) bond motifs is 1. The molecule has 0 aliphatic heterocycles. The maximum atomic E-state index is 13.5. The van der Waals surface area contributed by atoms with Gasteiger partial charge in [-0.25, -0.2) is 9.97 Å². The minimum atomic E-state index is -2.74. The summed E-state index contributed by atoms with van der Waals surface area (Å²) in [6.45, 7) is -0.556. The average Bonchev–Trinajstić information content (AvgIpc) is 3.11. The highest BCUT2D eigenvalue weighted by Crippen LogP contribution is 2.31. The Hall–Kier alpha value is -3.92. The van der Waals surface area contributed by atoms with Crippen LogP contribution >= 0.6 is 11.6 Å². The van der Waals surface area contributed by atoms with E-state index in [2.05, 4.69) is 20.6 Å². The summed E-state index contributed by atoms with van der Waals surface area (Å²) in [4.78, 5) is 33.9. The van der Waals surface area contributed by atoms with E-state index in [-0.39, 0.29) is 34.0 Å². The lowest BCUT2D eigenvalue weighted by molar-refractivity contribution is 0.0963. The van der Waals surface area contributed by atoms with E-state index in [1.807, 2.05) is 5.32 Å². The molecule has 0 fully saturated rings. The van der Waals surface area contributed by atoms with Crippen molar-refractivity contribution in [2.45, 2.75) is 13.5 Å². The smallest absolute Gasteiger partial charge is 0.262 e. The molecule has 0 spiro atoms. The Kier molecular flexibility index (Phi) is 5.03. The highest BCUT2D eigenvalue weighted by Gasteiger charge is 2.19. The van der Waals surface area contributed by atoms with Crippen molar-refractivity contribution in [1.82, 2.24) is 24.4 Å². The molecule has 3 N–H and O–H groups in total. The van der Waals surface area contributed by atoms with Gasteiger partial charge in [-0.2, -0.15) is 4.39 Å². The van der Waals surface area contributed by atoms with Crippen molar-refractivity contribution in [2.24, 2.45) is 7.05 Å². The Bertz CT molecular complexity index is 1530. The fraction of sp³-hybridized carbons (Fsp3) is 0.182. The van der Waals surface area contributed by atoms with E-state index in [1.54, 1.807) is 30.9 Å². The van der Waals surface area contributed by atoms with Gasteiger partial charge in [0.05, 0.1) is 27.2 Å². The van der Waals surface area contributed by atoms with Crippen molar-refractivity contribution in [3.05, 3.63) is 69.6 Å². The Morgan fingerprint density at radius 2 is 1.97 bits per heavy atom. The number of nitrogens with zero attached hydrogens (tertiary/aromatic N) is 4. The Morgan fingerprint density at radius 3 is 2.70 bits per heavy atom. The second-order valence-electron chi connectivity index (χ2n) is 7.09. The van der Waals surface area contributed by atoms with E-state index in [0.29, 0.717) is 22.8 Å². The molecule has 11 heteroatoms. The molecule has 4 rings (SSSR count). The lowest BCUT2D eigenvalue weighted by Gasteiger charge is -2.13. The number of anilines is 4. The molecule has 9 nitrogen and oxygen atoms in total. The molecule has 0 aliphatic carbocycles. The van der Waals surface area contributed by atoms with Crippen molar-refractivity contribution >= 4 is 51.6 Å². The zero-order valence-corrected chi connectivity index (χ0v) is 18.4. The summed E-state index contributed by atoms with van der Waals surface area (Å²) < 4.78 is 38.7. The molecule has 0 unspecified atom stereocenters. The minimum absolute atomic E-state index is 0.0481. The largest absolute Gasteiger partial charge is 0.355 e. The highest BCUT2D eigenvalue weighted by molar-refractivity contribution is 6.35. The van der Waals surface area contributed by atoms with Gasteiger partial charge in [-0.15, -0.1) is 0 Å². The lowest BCUT2D eigenvalue weighted by atomic mass is 10.2. The van der Waals surface area contributed by atoms with Crippen LogP contribution in [0.1, 0.15) is 21.4 Å². The molecule has 1 amide bonds. The first kappa shape index (κ1) is 18.6. The highest BCUT2D eigenvalue weighted by atomic mass is 35.5. The van der Waals surface area contributed by atoms with Gasteiger partial charge < -0.3 is 25.1 Å². The molecule has 0 aromatic carbocycles. The van der Waals surface area contributed by atoms with E-state index in [4.69, 9.17) is 15.7 Å². The number of amides is 1. The number of pyridine rings is 3. The van der Waals surface area contributed by atoms with E-state index in [9.17, 15) is 14.0 Å². The normalized spacial score (nSPS) is 12.7. The number of rotatable bonds is 6. The van der Waals surface area contributed by atoms with Gasteiger partial charge in [0, 0.05) is 37.1 Å². The summed E-state index contributed by atoms with van der Waals surface area (Å²) in [5.41, 5.74) is 0.365. The molecule has 170 valence electrons. The summed E-state index contributed by atoms with van der Waals surface area (Å²) in [5.74, 6) is -1.31. The van der Waals surface area contributed by atoms with Gasteiger partial charge in [0.25, 0.3) is 11.5 Å². The Labute approximate surface area is 197 Å². The van der Waals surface area contributed by atoms with Crippen molar-refractivity contribution in [2.75, 3.05) is 17.6 Å². The lowest BCUT2D eigenvalue weighted by Crippen LogP contribution is -2.21. The third kappa shape index (κ3) is 4.24. The van der Waals surface area contributed by atoms with Crippen LogP contribution in [0.3, 0.4) is 0 Å². The predicted octanol–water partition coefficient (Wildman–Crippen LogP) is 3.79. The summed E-state index contributed by atoms with van der Waals surface area (Å²) in [5, 5.41) is 8.35. The molecule has 33 heavy (non-hydrogen) atoms. The molecule has 4 heterocycles. The quantitative estimate of drug-likeness (QED) is 0.369. The van der Waals surface area contributed by atoms with Crippen LogP contribution < -0.4 is 21.5 Å². The number of aryl methyl sites for hydroxylation is 2. The minimum Gasteiger partial charge on any atom is -0.355 e. The predicted molar refractivity (Wildman–Crippen MR) is 126 cm³/mol. The topological polar surface area (TPSA) is 106 Å². The monoisotopic (exact) mass is 472 g/mol. The van der Waals surface area contributed by atoms with E-state index < -0.39 is 18.8 Å². The number of halogens is 2. The molecule has 0 saturated carbocycles.